The van der Waals surface area contributed by atoms with Gasteiger partial charge >= 0.3 is 0 Å². The Kier molecular flexibility index (Phi) is 8.15. The van der Waals surface area contributed by atoms with Crippen LogP contribution >= 0.6 is 35.0 Å². The second-order valence-corrected chi connectivity index (χ2v) is 10.00. The number of carbonyl (C=O) groups is 4. The monoisotopic (exact) mass is 531 g/mol. The van der Waals surface area contributed by atoms with E-state index in [1.165, 1.54) is 6.07 Å². The first-order valence-corrected chi connectivity index (χ1v) is 12.7. The lowest BCUT2D eigenvalue weighted by Crippen LogP contribution is -2.40. The number of benzene rings is 2. The molecule has 2 aliphatic rings. The van der Waals surface area contributed by atoms with Gasteiger partial charge in [0, 0.05) is 24.7 Å². The molecule has 0 radical (unpaired) electrons. The van der Waals surface area contributed by atoms with Gasteiger partial charge in [0.2, 0.25) is 5.91 Å². The summed E-state index contributed by atoms with van der Waals surface area (Å²) in [4.78, 5) is 53.5. The summed E-state index contributed by atoms with van der Waals surface area (Å²) in [7, 11) is 0. The predicted octanol–water partition coefficient (Wildman–Crippen LogP) is 4.54. The summed E-state index contributed by atoms with van der Waals surface area (Å²) in [6.45, 7) is 0.889. The summed E-state index contributed by atoms with van der Waals surface area (Å²) >= 11 is 13.0. The molecular weight excluding hydrogens is 509 g/mol. The van der Waals surface area contributed by atoms with Gasteiger partial charge in [-0.15, -0.1) is 0 Å². The quantitative estimate of drug-likeness (QED) is 0.553. The second kappa shape index (κ2) is 11.3. The fraction of sp³-hybridized carbons (Fsp3) is 0.280. The molecule has 35 heavy (non-hydrogen) atoms. The molecule has 0 bridgehead atoms. The van der Waals surface area contributed by atoms with Gasteiger partial charge in [-0.3, -0.25) is 24.1 Å². The number of halogens is 2. The van der Waals surface area contributed by atoms with E-state index in [9.17, 15) is 19.2 Å². The first kappa shape index (κ1) is 25.3. The van der Waals surface area contributed by atoms with Crippen molar-refractivity contribution in [2.75, 3.05) is 26.2 Å². The van der Waals surface area contributed by atoms with Gasteiger partial charge in [-0.25, -0.2) is 0 Å². The minimum absolute atomic E-state index is 0.225. The van der Waals surface area contributed by atoms with Crippen molar-refractivity contribution < 1.29 is 19.2 Å². The molecule has 0 atom stereocenters. The molecule has 2 heterocycles. The maximum absolute atomic E-state index is 12.9. The van der Waals surface area contributed by atoms with Crippen molar-refractivity contribution in [2.45, 2.75) is 19.3 Å². The van der Waals surface area contributed by atoms with E-state index in [1.54, 1.807) is 17.0 Å². The van der Waals surface area contributed by atoms with E-state index in [0.29, 0.717) is 59.4 Å². The largest absolute Gasteiger partial charge is 0.354 e. The van der Waals surface area contributed by atoms with Crippen LogP contribution in [0.25, 0.3) is 0 Å². The van der Waals surface area contributed by atoms with Crippen molar-refractivity contribution in [3.8, 4) is 0 Å². The molecule has 0 aliphatic carbocycles. The van der Waals surface area contributed by atoms with E-state index in [-0.39, 0.29) is 18.4 Å². The van der Waals surface area contributed by atoms with Crippen LogP contribution < -0.4 is 5.32 Å². The third-order valence-electron chi connectivity index (χ3n) is 5.86. The van der Waals surface area contributed by atoms with E-state index in [4.69, 9.17) is 23.2 Å². The first-order chi connectivity index (χ1) is 16.8. The van der Waals surface area contributed by atoms with Crippen LogP contribution in [0.1, 0.15) is 28.8 Å². The van der Waals surface area contributed by atoms with Crippen molar-refractivity contribution in [1.29, 1.82) is 0 Å². The van der Waals surface area contributed by atoms with Gasteiger partial charge in [-0.05, 0) is 60.4 Å². The molecule has 2 fully saturated rings. The van der Waals surface area contributed by atoms with Crippen LogP contribution in [0, 0.1) is 0 Å². The van der Waals surface area contributed by atoms with E-state index in [0.717, 1.165) is 27.8 Å². The normalized spacial score (nSPS) is 16.2. The number of piperidine rings is 1. The van der Waals surface area contributed by atoms with E-state index in [1.807, 2.05) is 30.3 Å². The Bertz CT molecular complexity index is 1190. The van der Waals surface area contributed by atoms with Crippen molar-refractivity contribution in [1.82, 2.24) is 15.1 Å². The molecule has 4 amide bonds. The Morgan fingerprint density at radius 3 is 2.43 bits per heavy atom. The topological polar surface area (TPSA) is 86.8 Å². The van der Waals surface area contributed by atoms with E-state index < -0.39 is 11.1 Å². The minimum atomic E-state index is -0.458. The Balaban J connectivity index is 1.32. The highest BCUT2D eigenvalue weighted by Crippen LogP contribution is 2.36. The molecule has 2 aromatic carbocycles. The van der Waals surface area contributed by atoms with Gasteiger partial charge in [0.25, 0.3) is 17.1 Å². The summed E-state index contributed by atoms with van der Waals surface area (Å²) in [5.74, 6) is -1.06. The zero-order chi connectivity index (χ0) is 24.9. The lowest BCUT2D eigenvalue weighted by molar-refractivity contribution is -0.129. The zero-order valence-electron chi connectivity index (χ0n) is 18.8. The molecule has 0 unspecified atom stereocenters. The van der Waals surface area contributed by atoms with E-state index in [2.05, 4.69) is 5.32 Å². The molecular formula is C25H23Cl2N3O4S. The highest BCUT2D eigenvalue weighted by molar-refractivity contribution is 8.18. The van der Waals surface area contributed by atoms with Crippen LogP contribution in [0.15, 0.2) is 59.0 Å². The summed E-state index contributed by atoms with van der Waals surface area (Å²) < 4.78 is 0. The van der Waals surface area contributed by atoms with Gasteiger partial charge < -0.3 is 10.2 Å². The molecule has 1 N–H and O–H groups in total. The lowest BCUT2D eigenvalue weighted by atomic mass is 10.0. The van der Waals surface area contributed by atoms with Crippen LogP contribution in [-0.2, 0) is 16.0 Å². The van der Waals surface area contributed by atoms with Crippen molar-refractivity contribution in [3.05, 3.63) is 80.2 Å². The average Bonchev–Trinajstić information content (AvgIpc) is 3.14. The smallest absolute Gasteiger partial charge is 0.294 e. The molecule has 2 saturated heterocycles. The minimum Gasteiger partial charge on any atom is -0.354 e. The number of hydrogen-bond acceptors (Lipinski definition) is 5. The molecule has 4 rings (SSSR count). The summed E-state index contributed by atoms with van der Waals surface area (Å²) in [6, 6.07) is 14.5. The molecule has 10 heteroatoms. The Hall–Kier alpha value is -2.81. The van der Waals surface area contributed by atoms with Crippen molar-refractivity contribution in [2.24, 2.45) is 0 Å². The summed E-state index contributed by atoms with van der Waals surface area (Å²) in [5.41, 5.74) is 2.24. The lowest BCUT2D eigenvalue weighted by Gasteiger charge is -2.29. The van der Waals surface area contributed by atoms with Gasteiger partial charge in [-0.2, -0.15) is 0 Å². The third-order valence-corrected chi connectivity index (χ3v) is 7.49. The fourth-order valence-electron chi connectivity index (χ4n) is 3.98. The van der Waals surface area contributed by atoms with Crippen LogP contribution in [0.5, 0.6) is 0 Å². The standard InChI is InChI=1S/C25H23Cl2N3O4S/c26-18-6-7-20(27)19(14-18)23(32)29-12-9-17(10-13-29)22-24(33)30(25(34)35-22)15-21(31)28-11-8-16-4-2-1-3-5-16/h1-7,14H,8-13,15H2,(H,28,31). The van der Waals surface area contributed by atoms with Gasteiger partial charge in [0.1, 0.15) is 6.54 Å². The molecule has 182 valence electrons. The Morgan fingerprint density at radius 2 is 1.71 bits per heavy atom. The Morgan fingerprint density at radius 1 is 1.00 bits per heavy atom. The van der Waals surface area contributed by atoms with Gasteiger partial charge in [0.15, 0.2) is 0 Å². The molecule has 0 aromatic heterocycles. The highest BCUT2D eigenvalue weighted by atomic mass is 35.5. The number of rotatable bonds is 6. The van der Waals surface area contributed by atoms with E-state index >= 15 is 0 Å². The molecule has 0 spiro atoms. The van der Waals surface area contributed by atoms with Gasteiger partial charge in [-0.1, -0.05) is 53.5 Å². The SMILES string of the molecule is O=C(CN1C(=O)SC(=C2CCN(C(=O)c3cc(Cl)ccc3Cl)CC2)C1=O)NCCc1ccccc1. The summed E-state index contributed by atoms with van der Waals surface area (Å²) in [5, 5.41) is 3.05. The van der Waals surface area contributed by atoms with Crippen LogP contribution in [0.4, 0.5) is 4.79 Å². The number of carbonyl (C=O) groups excluding carboxylic acids is 4. The maximum atomic E-state index is 12.9. The first-order valence-electron chi connectivity index (χ1n) is 11.1. The zero-order valence-corrected chi connectivity index (χ0v) is 21.1. The molecule has 7 nitrogen and oxygen atoms in total. The van der Waals surface area contributed by atoms with Crippen LogP contribution in [-0.4, -0.2) is 58.9 Å². The number of nitrogens with one attached hydrogen (secondary N) is 1. The summed E-state index contributed by atoms with van der Waals surface area (Å²) in [6.07, 6.45) is 1.58. The van der Waals surface area contributed by atoms with Crippen molar-refractivity contribution in [3.63, 3.8) is 0 Å². The second-order valence-electron chi connectivity index (χ2n) is 8.19. The van der Waals surface area contributed by atoms with Crippen molar-refractivity contribution >= 4 is 57.9 Å². The number of nitrogens with zero attached hydrogens (tertiary/aromatic N) is 2. The third kappa shape index (κ3) is 6.07. The average molecular weight is 532 g/mol. The number of imide groups is 1. The molecule has 0 saturated carbocycles. The maximum Gasteiger partial charge on any atom is 0.294 e. The Labute approximate surface area is 217 Å². The fourth-order valence-corrected chi connectivity index (χ4v) is 5.33. The highest BCUT2D eigenvalue weighted by Gasteiger charge is 2.39. The molecule has 2 aliphatic heterocycles. The van der Waals surface area contributed by atoms with Gasteiger partial charge in [0.05, 0.1) is 15.5 Å². The predicted molar refractivity (Wildman–Crippen MR) is 136 cm³/mol. The number of hydrogen-bond donors (Lipinski definition) is 1. The number of likely N-dealkylation sites (tertiary alicyclic amines) is 1. The number of amides is 4. The van der Waals surface area contributed by atoms with Crippen LogP contribution in [0.2, 0.25) is 10.0 Å². The number of thioether (sulfide) groups is 1. The molecule has 2 aromatic rings. The van der Waals surface area contributed by atoms with Crippen LogP contribution in [0.3, 0.4) is 0 Å².